The fourth-order valence-electron chi connectivity index (χ4n) is 1.83. The zero-order valence-electron chi connectivity index (χ0n) is 12.2. The van der Waals surface area contributed by atoms with E-state index in [1.807, 2.05) is 0 Å². The summed E-state index contributed by atoms with van der Waals surface area (Å²) < 4.78 is 40.4. The van der Waals surface area contributed by atoms with Crippen LogP contribution in [-0.4, -0.2) is 19.5 Å². The number of rotatable bonds is 5. The molecule has 0 saturated carbocycles. The molecule has 0 bridgehead atoms. The number of nitrogens with one attached hydrogen (secondary N) is 1. The summed E-state index contributed by atoms with van der Waals surface area (Å²) in [7, 11) is -3.93. The minimum Gasteiger partial charge on any atom is -0.478 e. The van der Waals surface area contributed by atoms with Crippen molar-refractivity contribution in [2.24, 2.45) is 0 Å². The normalized spacial score (nSPS) is 11.6. The van der Waals surface area contributed by atoms with Crippen LogP contribution in [0.25, 0.3) is 6.08 Å². The number of carboxylic acids is 1. The molecular weight excluding hydrogens is 321 g/mol. The standard InChI is InChI=1S/C16H14FNO4S/c1-11-2-8-15(14(17)10-11)18-23(21,22)13-6-3-12(4-7-13)5-9-16(19)20/h2-10,18H,1H3,(H,19,20). The third-order valence-corrected chi connectivity index (χ3v) is 4.36. The second-order valence-corrected chi connectivity index (χ2v) is 6.51. The van der Waals surface area contributed by atoms with Crippen LogP contribution in [0.5, 0.6) is 0 Å². The Morgan fingerprint density at radius 1 is 1.17 bits per heavy atom. The minimum atomic E-state index is -3.93. The van der Waals surface area contributed by atoms with Crippen LogP contribution in [0.1, 0.15) is 11.1 Å². The number of hydrogen-bond donors (Lipinski definition) is 2. The molecule has 7 heteroatoms. The first-order valence-electron chi connectivity index (χ1n) is 6.58. The molecule has 0 spiro atoms. The molecule has 0 unspecified atom stereocenters. The van der Waals surface area contributed by atoms with Gasteiger partial charge in [0.15, 0.2) is 0 Å². The van der Waals surface area contributed by atoms with E-state index in [1.165, 1.54) is 42.5 Å². The highest BCUT2D eigenvalue weighted by Gasteiger charge is 2.16. The quantitative estimate of drug-likeness (QED) is 0.823. The van der Waals surface area contributed by atoms with Gasteiger partial charge in [0.1, 0.15) is 5.82 Å². The Hall–Kier alpha value is -2.67. The van der Waals surface area contributed by atoms with Gasteiger partial charge in [-0.1, -0.05) is 18.2 Å². The van der Waals surface area contributed by atoms with E-state index in [-0.39, 0.29) is 10.6 Å². The van der Waals surface area contributed by atoms with Gasteiger partial charge in [-0.3, -0.25) is 4.72 Å². The molecule has 2 aromatic rings. The van der Waals surface area contributed by atoms with Gasteiger partial charge < -0.3 is 5.11 Å². The van der Waals surface area contributed by atoms with Crippen molar-refractivity contribution in [3.63, 3.8) is 0 Å². The highest BCUT2D eigenvalue weighted by Crippen LogP contribution is 2.20. The van der Waals surface area contributed by atoms with Crippen molar-refractivity contribution in [3.05, 3.63) is 65.5 Å². The Balaban J connectivity index is 2.24. The molecule has 23 heavy (non-hydrogen) atoms. The van der Waals surface area contributed by atoms with Gasteiger partial charge in [0, 0.05) is 6.08 Å². The van der Waals surface area contributed by atoms with E-state index >= 15 is 0 Å². The Kier molecular flexibility index (Phi) is 4.80. The molecule has 0 radical (unpaired) electrons. The SMILES string of the molecule is Cc1ccc(NS(=O)(=O)c2ccc(C=CC(=O)O)cc2)c(F)c1. The lowest BCUT2D eigenvalue weighted by Gasteiger charge is -2.09. The smallest absolute Gasteiger partial charge is 0.328 e. The van der Waals surface area contributed by atoms with Gasteiger partial charge in [0.2, 0.25) is 0 Å². The molecule has 2 rings (SSSR count). The average Bonchev–Trinajstić information content (AvgIpc) is 2.48. The first kappa shape index (κ1) is 16.7. The maximum absolute atomic E-state index is 13.7. The van der Waals surface area contributed by atoms with Crippen LogP contribution in [0, 0.1) is 12.7 Å². The summed E-state index contributed by atoms with van der Waals surface area (Å²) in [5, 5.41) is 8.54. The van der Waals surface area contributed by atoms with Crippen LogP contribution in [-0.2, 0) is 14.8 Å². The van der Waals surface area contributed by atoms with Crippen molar-refractivity contribution >= 4 is 27.8 Å². The van der Waals surface area contributed by atoms with Gasteiger partial charge in [-0.05, 0) is 48.4 Å². The summed E-state index contributed by atoms with van der Waals surface area (Å²) in [6.45, 7) is 1.70. The highest BCUT2D eigenvalue weighted by atomic mass is 32.2. The maximum Gasteiger partial charge on any atom is 0.328 e. The lowest BCUT2D eigenvalue weighted by Crippen LogP contribution is -2.14. The van der Waals surface area contributed by atoms with Gasteiger partial charge in [-0.2, -0.15) is 0 Å². The summed E-state index contributed by atoms with van der Waals surface area (Å²) in [4.78, 5) is 10.4. The van der Waals surface area contributed by atoms with Gasteiger partial charge in [0.05, 0.1) is 10.6 Å². The first-order chi connectivity index (χ1) is 10.8. The number of carbonyl (C=O) groups is 1. The summed E-state index contributed by atoms with van der Waals surface area (Å²) in [5.41, 5.74) is 1.08. The number of carboxylic acid groups (broad SMARTS) is 1. The second kappa shape index (κ2) is 6.62. The molecular formula is C16H14FNO4S. The lowest BCUT2D eigenvalue weighted by atomic mass is 10.2. The van der Waals surface area contributed by atoms with Gasteiger partial charge in [0.25, 0.3) is 10.0 Å². The third kappa shape index (κ3) is 4.40. The average molecular weight is 335 g/mol. The van der Waals surface area contributed by atoms with Crippen LogP contribution < -0.4 is 4.72 Å². The van der Waals surface area contributed by atoms with E-state index in [4.69, 9.17) is 5.11 Å². The van der Waals surface area contributed by atoms with Crippen molar-refractivity contribution in [3.8, 4) is 0 Å². The van der Waals surface area contributed by atoms with Crippen LogP contribution in [0.4, 0.5) is 10.1 Å². The predicted molar refractivity (Wildman–Crippen MR) is 85.1 cm³/mol. The highest BCUT2D eigenvalue weighted by molar-refractivity contribution is 7.92. The molecule has 0 atom stereocenters. The number of sulfonamides is 1. The van der Waals surface area contributed by atoms with E-state index in [9.17, 15) is 17.6 Å². The van der Waals surface area contributed by atoms with E-state index in [2.05, 4.69) is 4.72 Å². The minimum absolute atomic E-state index is 0.0510. The van der Waals surface area contributed by atoms with Gasteiger partial charge in [-0.15, -0.1) is 0 Å². The summed E-state index contributed by atoms with van der Waals surface area (Å²) in [5.74, 6) is -1.76. The zero-order chi connectivity index (χ0) is 17.0. The summed E-state index contributed by atoms with van der Waals surface area (Å²) in [6.07, 6.45) is 2.29. The number of halogens is 1. The van der Waals surface area contributed by atoms with Crippen LogP contribution in [0.3, 0.4) is 0 Å². The van der Waals surface area contributed by atoms with Crippen molar-refractivity contribution < 1.29 is 22.7 Å². The predicted octanol–water partition coefficient (Wildman–Crippen LogP) is 3.03. The van der Waals surface area contributed by atoms with Crippen molar-refractivity contribution in [2.75, 3.05) is 4.72 Å². The Morgan fingerprint density at radius 3 is 2.39 bits per heavy atom. The number of aliphatic carboxylic acids is 1. The Bertz CT molecular complexity index is 858. The number of benzene rings is 2. The second-order valence-electron chi connectivity index (χ2n) is 4.83. The lowest BCUT2D eigenvalue weighted by molar-refractivity contribution is -0.131. The van der Waals surface area contributed by atoms with E-state index in [0.29, 0.717) is 11.1 Å². The van der Waals surface area contributed by atoms with Gasteiger partial charge >= 0.3 is 5.97 Å². The third-order valence-electron chi connectivity index (χ3n) is 2.98. The number of aryl methyl sites for hydroxylation is 1. The largest absolute Gasteiger partial charge is 0.478 e. The maximum atomic E-state index is 13.7. The van der Waals surface area contributed by atoms with Crippen molar-refractivity contribution in [1.82, 2.24) is 0 Å². The Labute approximate surface area is 133 Å². The molecule has 120 valence electrons. The molecule has 0 aliphatic carbocycles. The van der Waals surface area contributed by atoms with Crippen LogP contribution >= 0.6 is 0 Å². The molecule has 5 nitrogen and oxygen atoms in total. The monoisotopic (exact) mass is 335 g/mol. The number of anilines is 1. The molecule has 2 aromatic carbocycles. The van der Waals surface area contributed by atoms with Crippen LogP contribution in [0.15, 0.2) is 53.4 Å². The topological polar surface area (TPSA) is 83.5 Å². The van der Waals surface area contributed by atoms with Gasteiger partial charge in [-0.25, -0.2) is 17.6 Å². The molecule has 0 aliphatic rings. The van der Waals surface area contributed by atoms with E-state index in [1.54, 1.807) is 13.0 Å². The van der Waals surface area contributed by atoms with Crippen molar-refractivity contribution in [2.45, 2.75) is 11.8 Å². The fraction of sp³-hybridized carbons (Fsp3) is 0.0625. The summed E-state index contributed by atoms with van der Waals surface area (Å²) in [6, 6.07) is 9.73. The van der Waals surface area contributed by atoms with Crippen molar-refractivity contribution in [1.29, 1.82) is 0 Å². The summed E-state index contributed by atoms with van der Waals surface area (Å²) >= 11 is 0. The Morgan fingerprint density at radius 2 is 1.83 bits per heavy atom. The first-order valence-corrected chi connectivity index (χ1v) is 8.06. The zero-order valence-corrected chi connectivity index (χ0v) is 13.0. The fourth-order valence-corrected chi connectivity index (χ4v) is 2.90. The van der Waals surface area contributed by atoms with E-state index < -0.39 is 21.8 Å². The molecule has 0 amide bonds. The number of hydrogen-bond acceptors (Lipinski definition) is 3. The molecule has 0 aromatic heterocycles. The van der Waals surface area contributed by atoms with E-state index in [0.717, 1.165) is 6.08 Å². The molecule has 0 fully saturated rings. The molecule has 0 aliphatic heterocycles. The molecule has 0 saturated heterocycles. The molecule has 0 heterocycles. The molecule has 2 N–H and O–H groups in total. The van der Waals surface area contributed by atoms with Crippen LogP contribution in [0.2, 0.25) is 0 Å².